The molecule has 1 aromatic heterocycles. The van der Waals surface area contributed by atoms with Crippen LogP contribution in [0.15, 0.2) is 41.6 Å². The SMILES string of the molecule is CSc1ncccc1C(=O)OCC(=O)NCC(=O)Nc1ccc(F)c(F)c1. The third-order valence-electron chi connectivity index (χ3n) is 3.17. The van der Waals surface area contributed by atoms with Crippen LogP contribution in [-0.2, 0) is 14.3 Å². The fraction of sp³-hybridized carbons (Fsp3) is 0.176. The third kappa shape index (κ3) is 6.03. The summed E-state index contributed by atoms with van der Waals surface area (Å²) < 4.78 is 30.8. The summed E-state index contributed by atoms with van der Waals surface area (Å²) in [5, 5.41) is 5.01. The van der Waals surface area contributed by atoms with Gasteiger partial charge in [-0.15, -0.1) is 11.8 Å². The van der Waals surface area contributed by atoms with E-state index in [0.29, 0.717) is 5.03 Å². The summed E-state index contributed by atoms with van der Waals surface area (Å²) in [6.45, 7) is -1.02. The lowest BCUT2D eigenvalue weighted by Crippen LogP contribution is -2.35. The topological polar surface area (TPSA) is 97.4 Å². The number of aromatic nitrogens is 1. The lowest BCUT2D eigenvalue weighted by Gasteiger charge is -2.09. The molecule has 0 bridgehead atoms. The van der Waals surface area contributed by atoms with Crippen molar-refractivity contribution < 1.29 is 27.9 Å². The molecular weight excluding hydrogens is 380 g/mol. The molecule has 0 aliphatic carbocycles. The zero-order chi connectivity index (χ0) is 19.8. The summed E-state index contributed by atoms with van der Waals surface area (Å²) in [6, 6.07) is 5.95. The molecule has 0 spiro atoms. The molecule has 0 saturated heterocycles. The number of carbonyl (C=O) groups is 3. The van der Waals surface area contributed by atoms with Crippen LogP contribution in [0.3, 0.4) is 0 Å². The molecule has 0 aliphatic heterocycles. The Bertz CT molecular complexity index is 864. The van der Waals surface area contributed by atoms with Gasteiger partial charge in [-0.2, -0.15) is 0 Å². The van der Waals surface area contributed by atoms with E-state index in [4.69, 9.17) is 4.74 Å². The smallest absolute Gasteiger partial charge is 0.341 e. The molecule has 10 heteroatoms. The van der Waals surface area contributed by atoms with Gasteiger partial charge in [-0.1, -0.05) is 0 Å². The summed E-state index contributed by atoms with van der Waals surface area (Å²) in [5.41, 5.74) is 0.273. The van der Waals surface area contributed by atoms with Gasteiger partial charge in [0.1, 0.15) is 5.03 Å². The summed E-state index contributed by atoms with van der Waals surface area (Å²) in [6.07, 6.45) is 3.28. The Labute approximate surface area is 157 Å². The molecule has 2 amide bonds. The fourth-order valence-electron chi connectivity index (χ4n) is 1.93. The van der Waals surface area contributed by atoms with Crippen molar-refractivity contribution in [3.05, 3.63) is 53.7 Å². The molecule has 2 rings (SSSR count). The Kier molecular flexibility index (Phi) is 7.24. The van der Waals surface area contributed by atoms with Gasteiger partial charge in [-0.3, -0.25) is 9.59 Å². The number of ether oxygens (including phenoxy) is 1. The quantitative estimate of drug-likeness (QED) is 0.550. The lowest BCUT2D eigenvalue weighted by atomic mass is 10.3. The number of nitrogens with one attached hydrogen (secondary N) is 2. The van der Waals surface area contributed by atoms with Crippen LogP contribution in [0, 0.1) is 11.6 Å². The molecule has 1 heterocycles. The number of rotatable bonds is 7. The molecule has 0 unspecified atom stereocenters. The van der Waals surface area contributed by atoms with Gasteiger partial charge in [0.15, 0.2) is 18.2 Å². The molecule has 0 radical (unpaired) electrons. The summed E-state index contributed by atoms with van der Waals surface area (Å²) >= 11 is 1.26. The van der Waals surface area contributed by atoms with Crippen LogP contribution in [0.2, 0.25) is 0 Å². The molecular formula is C17H15F2N3O4S. The highest BCUT2D eigenvalue weighted by Gasteiger charge is 2.15. The lowest BCUT2D eigenvalue weighted by molar-refractivity contribution is -0.126. The van der Waals surface area contributed by atoms with Crippen molar-refractivity contribution in [2.45, 2.75) is 5.03 Å². The summed E-state index contributed by atoms with van der Waals surface area (Å²) in [4.78, 5) is 39.4. The maximum absolute atomic E-state index is 13.1. The molecule has 27 heavy (non-hydrogen) atoms. The molecule has 2 N–H and O–H groups in total. The van der Waals surface area contributed by atoms with Crippen molar-refractivity contribution in [2.24, 2.45) is 0 Å². The first-order valence-electron chi connectivity index (χ1n) is 7.58. The van der Waals surface area contributed by atoms with E-state index in [9.17, 15) is 23.2 Å². The number of nitrogens with zero attached hydrogens (tertiary/aromatic N) is 1. The highest BCUT2D eigenvalue weighted by molar-refractivity contribution is 7.98. The zero-order valence-electron chi connectivity index (χ0n) is 14.1. The van der Waals surface area contributed by atoms with Gasteiger partial charge in [0.25, 0.3) is 5.91 Å². The molecule has 0 aliphatic rings. The average Bonchev–Trinajstić information content (AvgIpc) is 2.67. The van der Waals surface area contributed by atoms with E-state index < -0.39 is 42.6 Å². The fourth-order valence-corrected chi connectivity index (χ4v) is 2.46. The van der Waals surface area contributed by atoms with E-state index in [1.165, 1.54) is 30.1 Å². The van der Waals surface area contributed by atoms with Gasteiger partial charge in [0.05, 0.1) is 12.1 Å². The van der Waals surface area contributed by atoms with Crippen molar-refractivity contribution in [3.8, 4) is 0 Å². The van der Waals surface area contributed by atoms with Gasteiger partial charge in [0, 0.05) is 18.0 Å². The highest BCUT2D eigenvalue weighted by atomic mass is 32.2. The van der Waals surface area contributed by atoms with Crippen molar-refractivity contribution >= 4 is 35.2 Å². The number of pyridine rings is 1. The second-order valence-corrected chi connectivity index (χ2v) is 5.89. The van der Waals surface area contributed by atoms with Crippen LogP contribution < -0.4 is 10.6 Å². The van der Waals surface area contributed by atoms with Crippen LogP contribution in [0.4, 0.5) is 14.5 Å². The van der Waals surface area contributed by atoms with Crippen molar-refractivity contribution in [2.75, 3.05) is 24.7 Å². The number of amides is 2. The standard InChI is InChI=1S/C17H15F2N3O4S/c1-27-16-11(3-2-6-20-16)17(25)26-9-15(24)21-8-14(23)22-10-4-5-12(18)13(19)7-10/h2-7H,8-9H2,1H3,(H,21,24)(H,22,23). The van der Waals surface area contributed by atoms with E-state index in [-0.39, 0.29) is 11.3 Å². The number of halogens is 2. The highest BCUT2D eigenvalue weighted by Crippen LogP contribution is 2.17. The number of esters is 1. The predicted octanol–water partition coefficient (Wildman–Crippen LogP) is 1.99. The predicted molar refractivity (Wildman–Crippen MR) is 94.3 cm³/mol. The normalized spacial score (nSPS) is 10.2. The van der Waals surface area contributed by atoms with Gasteiger partial charge in [-0.25, -0.2) is 18.6 Å². The first-order chi connectivity index (χ1) is 12.9. The van der Waals surface area contributed by atoms with E-state index in [1.807, 2.05) is 0 Å². The number of hydrogen-bond acceptors (Lipinski definition) is 6. The molecule has 0 fully saturated rings. The molecule has 0 saturated carbocycles. The summed E-state index contributed by atoms with van der Waals surface area (Å²) in [7, 11) is 0. The number of benzene rings is 1. The minimum atomic E-state index is -1.11. The number of hydrogen-bond donors (Lipinski definition) is 2. The minimum Gasteiger partial charge on any atom is -0.452 e. The van der Waals surface area contributed by atoms with Crippen molar-refractivity contribution in [1.82, 2.24) is 10.3 Å². The Hall–Kier alpha value is -3.01. The second kappa shape index (κ2) is 9.62. The maximum atomic E-state index is 13.1. The Morgan fingerprint density at radius 3 is 2.63 bits per heavy atom. The Morgan fingerprint density at radius 2 is 1.93 bits per heavy atom. The van der Waals surface area contributed by atoms with Crippen LogP contribution in [0.5, 0.6) is 0 Å². The molecule has 2 aromatic rings. The van der Waals surface area contributed by atoms with Crippen molar-refractivity contribution in [1.29, 1.82) is 0 Å². The maximum Gasteiger partial charge on any atom is 0.341 e. The van der Waals surface area contributed by atoms with Crippen LogP contribution in [0.25, 0.3) is 0 Å². The molecule has 142 valence electrons. The number of anilines is 1. The van der Waals surface area contributed by atoms with E-state index in [0.717, 1.165) is 12.1 Å². The first kappa shape index (κ1) is 20.3. The molecule has 7 nitrogen and oxygen atoms in total. The minimum absolute atomic E-state index is 0.0424. The second-order valence-electron chi connectivity index (χ2n) is 5.09. The molecule has 0 atom stereocenters. The monoisotopic (exact) mass is 395 g/mol. The van der Waals surface area contributed by atoms with Crippen LogP contribution >= 0.6 is 11.8 Å². The Morgan fingerprint density at radius 1 is 1.15 bits per heavy atom. The van der Waals surface area contributed by atoms with Gasteiger partial charge >= 0.3 is 5.97 Å². The number of carbonyl (C=O) groups excluding carboxylic acids is 3. The number of thioether (sulfide) groups is 1. The molecule has 1 aromatic carbocycles. The Balaban J connectivity index is 1.77. The van der Waals surface area contributed by atoms with Crippen LogP contribution in [-0.4, -0.2) is 42.2 Å². The van der Waals surface area contributed by atoms with E-state index in [1.54, 1.807) is 12.3 Å². The van der Waals surface area contributed by atoms with Gasteiger partial charge in [0.2, 0.25) is 5.91 Å². The average molecular weight is 395 g/mol. The van der Waals surface area contributed by atoms with Gasteiger partial charge < -0.3 is 15.4 Å². The largest absolute Gasteiger partial charge is 0.452 e. The van der Waals surface area contributed by atoms with E-state index >= 15 is 0 Å². The van der Waals surface area contributed by atoms with Crippen molar-refractivity contribution in [3.63, 3.8) is 0 Å². The van der Waals surface area contributed by atoms with Gasteiger partial charge in [-0.05, 0) is 30.5 Å². The van der Waals surface area contributed by atoms with E-state index in [2.05, 4.69) is 15.6 Å². The summed E-state index contributed by atoms with van der Waals surface area (Å²) in [5.74, 6) is -4.21. The van der Waals surface area contributed by atoms with Crippen LogP contribution in [0.1, 0.15) is 10.4 Å². The zero-order valence-corrected chi connectivity index (χ0v) is 14.9. The third-order valence-corrected chi connectivity index (χ3v) is 3.88. The first-order valence-corrected chi connectivity index (χ1v) is 8.81.